The summed E-state index contributed by atoms with van der Waals surface area (Å²) in [6.45, 7) is 10.3. The third-order valence-corrected chi connectivity index (χ3v) is 7.40. The van der Waals surface area contributed by atoms with E-state index in [4.69, 9.17) is 5.14 Å². The highest BCUT2D eigenvalue weighted by molar-refractivity contribution is 7.93. The summed E-state index contributed by atoms with van der Waals surface area (Å²) in [5.41, 5.74) is 0.298. The minimum atomic E-state index is -3.63. The lowest BCUT2D eigenvalue weighted by Gasteiger charge is -2.20. The van der Waals surface area contributed by atoms with Crippen LogP contribution in [0.2, 0.25) is 0 Å². The molecule has 3 N–H and O–H groups in total. The van der Waals surface area contributed by atoms with Crippen LogP contribution in [0.25, 0.3) is 0 Å². The third kappa shape index (κ3) is 5.54. The Morgan fingerprint density at radius 3 is 2.45 bits per heavy atom. The molecule has 0 saturated carbocycles. The third-order valence-electron chi connectivity index (χ3n) is 4.69. The SMILES string of the molecule is CC(C)c1cc(C#N)c(F)c(C(C)C)c1CC(=O)N=[S@@](N)(=O)c1nc(C(C)(C)O)cs1. The first-order chi connectivity index (χ1) is 14.2. The van der Waals surface area contributed by atoms with E-state index in [1.54, 1.807) is 13.8 Å². The summed E-state index contributed by atoms with van der Waals surface area (Å²) >= 11 is 0.942. The smallest absolute Gasteiger partial charge is 0.259 e. The predicted molar refractivity (Wildman–Crippen MR) is 118 cm³/mol. The van der Waals surface area contributed by atoms with Gasteiger partial charge in [-0.15, -0.1) is 15.7 Å². The number of carbonyl (C=O) groups excluding carboxylic acids is 1. The van der Waals surface area contributed by atoms with Gasteiger partial charge in [0.05, 0.1) is 17.7 Å². The molecule has 1 atom stereocenters. The lowest BCUT2D eigenvalue weighted by Crippen LogP contribution is -2.19. The van der Waals surface area contributed by atoms with Crippen molar-refractivity contribution >= 4 is 27.2 Å². The Morgan fingerprint density at radius 2 is 2.00 bits per heavy atom. The summed E-state index contributed by atoms with van der Waals surface area (Å²) in [6.07, 6.45) is -0.304. The van der Waals surface area contributed by atoms with Crippen molar-refractivity contribution < 1.29 is 18.5 Å². The molecule has 0 unspecified atom stereocenters. The Morgan fingerprint density at radius 1 is 1.39 bits per heavy atom. The fourth-order valence-corrected chi connectivity index (χ4v) is 5.37. The molecule has 10 heteroatoms. The van der Waals surface area contributed by atoms with Gasteiger partial charge in [0.1, 0.15) is 17.5 Å². The molecule has 168 valence electrons. The minimum absolute atomic E-state index is 0.0721. The predicted octanol–water partition coefficient (Wildman–Crippen LogP) is 4.10. The number of benzene rings is 1. The van der Waals surface area contributed by atoms with Crippen molar-refractivity contribution in [1.82, 2.24) is 4.98 Å². The Hall–Kier alpha value is -2.19. The number of halogens is 1. The van der Waals surface area contributed by atoms with Crippen molar-refractivity contribution in [2.75, 3.05) is 0 Å². The van der Waals surface area contributed by atoms with Gasteiger partial charge in [0.15, 0.2) is 9.92 Å². The van der Waals surface area contributed by atoms with Gasteiger partial charge in [0, 0.05) is 5.38 Å². The van der Waals surface area contributed by atoms with E-state index in [2.05, 4.69) is 9.35 Å². The second-order valence-corrected chi connectivity index (χ2v) is 11.3. The number of thiazole rings is 1. The molecule has 2 aromatic rings. The Bertz CT molecular complexity index is 1160. The van der Waals surface area contributed by atoms with Crippen molar-refractivity contribution in [3.8, 4) is 6.07 Å². The first kappa shape index (κ1) is 25.1. The first-order valence-electron chi connectivity index (χ1n) is 9.70. The summed E-state index contributed by atoms with van der Waals surface area (Å²) in [6, 6.07) is 3.31. The van der Waals surface area contributed by atoms with Crippen LogP contribution < -0.4 is 5.14 Å². The van der Waals surface area contributed by atoms with Gasteiger partial charge in [-0.1, -0.05) is 27.7 Å². The van der Waals surface area contributed by atoms with Crippen molar-refractivity contribution in [3.63, 3.8) is 0 Å². The molecule has 2 rings (SSSR count). The van der Waals surface area contributed by atoms with Gasteiger partial charge < -0.3 is 5.11 Å². The molecular weight excluding hydrogens is 439 g/mol. The molecule has 0 aliphatic heterocycles. The summed E-state index contributed by atoms with van der Waals surface area (Å²) in [5, 5.41) is 26.6. The number of nitrogens with zero attached hydrogens (tertiary/aromatic N) is 3. The van der Waals surface area contributed by atoms with Crippen molar-refractivity contribution in [2.24, 2.45) is 9.50 Å². The molecule has 31 heavy (non-hydrogen) atoms. The normalized spacial score (nSPS) is 13.9. The zero-order valence-corrected chi connectivity index (χ0v) is 20.0. The molecule has 0 saturated heterocycles. The molecule has 0 bridgehead atoms. The lowest BCUT2D eigenvalue weighted by atomic mass is 9.85. The number of amides is 1. The molecule has 0 fully saturated rings. The summed E-state index contributed by atoms with van der Waals surface area (Å²) < 4.78 is 31.4. The first-order valence-corrected chi connectivity index (χ1v) is 12.2. The number of nitriles is 1. The van der Waals surface area contributed by atoms with E-state index in [-0.39, 0.29) is 39.4 Å². The van der Waals surface area contributed by atoms with Gasteiger partial charge in [-0.2, -0.15) is 5.26 Å². The molecule has 0 aliphatic carbocycles. The summed E-state index contributed by atoms with van der Waals surface area (Å²) in [4.78, 5) is 16.8. The fourth-order valence-electron chi connectivity index (χ4n) is 3.18. The second kappa shape index (κ2) is 9.12. The van der Waals surface area contributed by atoms with E-state index < -0.39 is 27.2 Å². The molecule has 1 aromatic carbocycles. The van der Waals surface area contributed by atoms with E-state index in [1.165, 1.54) is 25.3 Å². The highest BCUT2D eigenvalue weighted by Gasteiger charge is 2.26. The second-order valence-electron chi connectivity index (χ2n) is 8.43. The zero-order chi connectivity index (χ0) is 23.7. The number of aliphatic hydroxyl groups is 1. The van der Waals surface area contributed by atoms with Gasteiger partial charge in [-0.3, -0.25) is 4.79 Å². The van der Waals surface area contributed by atoms with Crippen LogP contribution in [0, 0.1) is 17.1 Å². The topological polar surface area (TPSA) is 129 Å². The number of hydrogen-bond donors (Lipinski definition) is 2. The molecule has 7 nitrogen and oxygen atoms in total. The number of hydrogen-bond acceptors (Lipinski definition) is 6. The van der Waals surface area contributed by atoms with E-state index in [1.807, 2.05) is 19.9 Å². The van der Waals surface area contributed by atoms with Crippen LogP contribution in [-0.4, -0.2) is 20.2 Å². The van der Waals surface area contributed by atoms with Crippen LogP contribution in [0.15, 0.2) is 20.1 Å². The monoisotopic (exact) mass is 466 g/mol. The fraction of sp³-hybridized carbons (Fsp3) is 0.476. The van der Waals surface area contributed by atoms with Crippen molar-refractivity contribution in [2.45, 2.75) is 69.7 Å². The Kier molecular flexibility index (Phi) is 7.38. The van der Waals surface area contributed by atoms with Crippen LogP contribution in [0.3, 0.4) is 0 Å². The number of carbonyl (C=O) groups is 1. The van der Waals surface area contributed by atoms with E-state index in [0.29, 0.717) is 11.1 Å². The van der Waals surface area contributed by atoms with Crippen LogP contribution in [-0.2, 0) is 26.7 Å². The Labute approximate surface area is 186 Å². The summed E-state index contributed by atoms with van der Waals surface area (Å²) in [5.74, 6) is -1.80. The summed E-state index contributed by atoms with van der Waals surface area (Å²) in [7, 11) is -3.63. The van der Waals surface area contributed by atoms with Gasteiger partial charge >= 0.3 is 0 Å². The molecular formula is C21H27FN4O3S2. The number of rotatable bonds is 6. The maximum absolute atomic E-state index is 14.9. The van der Waals surface area contributed by atoms with E-state index in [9.17, 15) is 23.8 Å². The van der Waals surface area contributed by atoms with E-state index in [0.717, 1.165) is 11.3 Å². The highest BCUT2D eigenvalue weighted by Crippen LogP contribution is 2.33. The quantitative estimate of drug-likeness (QED) is 0.662. The molecule has 1 amide bonds. The molecule has 1 heterocycles. The molecule has 0 spiro atoms. The average Bonchev–Trinajstić information content (AvgIpc) is 3.12. The van der Waals surface area contributed by atoms with Gasteiger partial charge in [-0.25, -0.2) is 18.7 Å². The van der Waals surface area contributed by atoms with Crippen molar-refractivity contribution in [3.05, 3.63) is 45.2 Å². The van der Waals surface area contributed by atoms with Crippen molar-refractivity contribution in [1.29, 1.82) is 5.26 Å². The Balaban J connectivity index is 2.54. The largest absolute Gasteiger partial charge is 0.384 e. The van der Waals surface area contributed by atoms with Gasteiger partial charge in [0.25, 0.3) is 5.91 Å². The van der Waals surface area contributed by atoms with Crippen LogP contribution in [0.1, 0.15) is 81.3 Å². The highest BCUT2D eigenvalue weighted by atomic mass is 32.2. The maximum Gasteiger partial charge on any atom is 0.259 e. The van der Waals surface area contributed by atoms with Crippen LogP contribution in [0.4, 0.5) is 4.39 Å². The van der Waals surface area contributed by atoms with Crippen LogP contribution in [0.5, 0.6) is 0 Å². The number of aromatic nitrogens is 1. The maximum atomic E-state index is 14.9. The minimum Gasteiger partial charge on any atom is -0.384 e. The molecule has 1 aromatic heterocycles. The zero-order valence-electron chi connectivity index (χ0n) is 18.4. The average molecular weight is 467 g/mol. The van der Waals surface area contributed by atoms with E-state index >= 15 is 0 Å². The lowest BCUT2D eigenvalue weighted by molar-refractivity contribution is -0.117. The van der Waals surface area contributed by atoms with Crippen LogP contribution >= 0.6 is 11.3 Å². The number of nitrogens with two attached hydrogens (primary N) is 1. The molecule has 0 aliphatic rings. The molecule has 0 radical (unpaired) electrons. The standard InChI is InChI=1S/C21H27FN4O3S2/c1-11(2)14-7-13(9-23)19(22)18(12(3)4)15(14)8-17(27)26-31(24,29)20-25-16(10-30-20)21(5,6)28/h7,10-12,28H,8H2,1-6H3,(H2,24,26,27,29)/t31-/m1/s1. The van der Waals surface area contributed by atoms with Gasteiger partial charge in [0.2, 0.25) is 4.34 Å². The van der Waals surface area contributed by atoms with Gasteiger partial charge in [-0.05, 0) is 48.4 Å².